The molecule has 0 amide bonds. The molecule has 2 rings (SSSR count). The van der Waals surface area contributed by atoms with Crippen molar-refractivity contribution in [3.05, 3.63) is 23.0 Å². The van der Waals surface area contributed by atoms with Gasteiger partial charge in [0.15, 0.2) is 0 Å². The molecule has 1 aromatic heterocycles. The van der Waals surface area contributed by atoms with Gasteiger partial charge in [-0.15, -0.1) is 0 Å². The maximum Gasteiger partial charge on any atom is 0.0187 e. The molecular formula is C17H30N2. The van der Waals surface area contributed by atoms with E-state index in [9.17, 15) is 0 Å². The Morgan fingerprint density at radius 2 is 2.00 bits per heavy atom. The number of hydrogen-bond donors (Lipinski definition) is 1. The molecule has 1 aliphatic carbocycles. The largest absolute Gasteiger partial charge is 0.364 e. The lowest BCUT2D eigenvalue weighted by Gasteiger charge is -2.29. The highest BCUT2D eigenvalue weighted by molar-refractivity contribution is 5.34. The molecule has 0 fully saturated rings. The first-order valence-corrected chi connectivity index (χ1v) is 7.96. The first kappa shape index (κ1) is 14.6. The van der Waals surface area contributed by atoms with Crippen LogP contribution in [0.15, 0.2) is 6.20 Å². The minimum absolute atomic E-state index is 0.482. The summed E-state index contributed by atoms with van der Waals surface area (Å²) in [4.78, 5) is 6.05. The molecule has 19 heavy (non-hydrogen) atoms. The van der Waals surface area contributed by atoms with Gasteiger partial charge in [0.2, 0.25) is 0 Å². The van der Waals surface area contributed by atoms with Crippen molar-refractivity contribution in [1.29, 1.82) is 0 Å². The summed E-state index contributed by atoms with van der Waals surface area (Å²) in [5, 5.41) is 0. The summed E-state index contributed by atoms with van der Waals surface area (Å²) in [6.07, 6.45) is 8.62. The van der Waals surface area contributed by atoms with Crippen molar-refractivity contribution in [3.63, 3.8) is 0 Å². The van der Waals surface area contributed by atoms with Gasteiger partial charge in [0, 0.05) is 11.9 Å². The monoisotopic (exact) mass is 262 g/mol. The summed E-state index contributed by atoms with van der Waals surface area (Å²) < 4.78 is 0. The molecule has 0 radical (unpaired) electrons. The molecule has 1 aromatic rings. The zero-order chi connectivity index (χ0) is 13.9. The van der Waals surface area contributed by atoms with Gasteiger partial charge in [-0.1, -0.05) is 27.7 Å². The van der Waals surface area contributed by atoms with Gasteiger partial charge in [-0.25, -0.2) is 0 Å². The Bertz CT molecular complexity index is 399. The second-order valence-corrected chi connectivity index (χ2v) is 6.74. The second-order valence-electron chi connectivity index (χ2n) is 6.74. The van der Waals surface area contributed by atoms with E-state index in [0.717, 1.165) is 0 Å². The Morgan fingerprint density at radius 1 is 1.26 bits per heavy atom. The van der Waals surface area contributed by atoms with Gasteiger partial charge in [-0.05, 0) is 68.3 Å². The summed E-state index contributed by atoms with van der Waals surface area (Å²) >= 11 is 0. The maximum absolute atomic E-state index is 3.53. The summed E-state index contributed by atoms with van der Waals surface area (Å²) in [6.45, 7) is 12.9. The smallest absolute Gasteiger partial charge is 0.0187 e. The van der Waals surface area contributed by atoms with Gasteiger partial charge in [0.05, 0.1) is 0 Å². The van der Waals surface area contributed by atoms with Crippen molar-refractivity contribution in [2.24, 2.45) is 5.41 Å². The predicted octanol–water partition coefficient (Wildman–Crippen LogP) is 3.80. The van der Waals surface area contributed by atoms with E-state index in [1.54, 1.807) is 11.1 Å². The normalized spacial score (nSPS) is 17.7. The first-order valence-electron chi connectivity index (χ1n) is 7.96. The van der Waals surface area contributed by atoms with E-state index in [1.165, 1.54) is 57.4 Å². The SMILES string of the molecule is CCN(CC)CCCc1c[nH]c2c1CCC(C)(C)C2. The highest BCUT2D eigenvalue weighted by atomic mass is 15.1. The molecule has 0 saturated carbocycles. The molecular weight excluding hydrogens is 232 g/mol. The van der Waals surface area contributed by atoms with E-state index < -0.39 is 0 Å². The molecule has 0 atom stereocenters. The van der Waals surface area contributed by atoms with E-state index in [-0.39, 0.29) is 0 Å². The number of aromatic amines is 1. The molecule has 0 saturated heterocycles. The lowest BCUT2D eigenvalue weighted by atomic mass is 9.76. The lowest BCUT2D eigenvalue weighted by Crippen LogP contribution is -2.24. The Balaban J connectivity index is 1.91. The van der Waals surface area contributed by atoms with E-state index in [1.807, 2.05) is 0 Å². The van der Waals surface area contributed by atoms with Gasteiger partial charge in [0.25, 0.3) is 0 Å². The summed E-state index contributed by atoms with van der Waals surface area (Å²) in [6, 6.07) is 0. The molecule has 2 heteroatoms. The number of hydrogen-bond acceptors (Lipinski definition) is 1. The van der Waals surface area contributed by atoms with Crippen LogP contribution in [0.2, 0.25) is 0 Å². The summed E-state index contributed by atoms with van der Waals surface area (Å²) in [7, 11) is 0. The van der Waals surface area contributed by atoms with Crippen LogP contribution in [0.1, 0.15) is 57.4 Å². The minimum atomic E-state index is 0.482. The quantitative estimate of drug-likeness (QED) is 0.826. The van der Waals surface area contributed by atoms with Crippen LogP contribution in [0.3, 0.4) is 0 Å². The van der Waals surface area contributed by atoms with Crippen LogP contribution in [-0.2, 0) is 19.3 Å². The van der Waals surface area contributed by atoms with Crippen LogP contribution >= 0.6 is 0 Å². The Hall–Kier alpha value is -0.760. The van der Waals surface area contributed by atoms with Crippen molar-refractivity contribution in [2.75, 3.05) is 19.6 Å². The van der Waals surface area contributed by atoms with Crippen LogP contribution in [0.25, 0.3) is 0 Å². The van der Waals surface area contributed by atoms with Gasteiger partial charge >= 0.3 is 0 Å². The zero-order valence-electron chi connectivity index (χ0n) is 13.2. The number of aromatic nitrogens is 1. The number of nitrogens with zero attached hydrogens (tertiary/aromatic N) is 1. The fourth-order valence-electron chi connectivity index (χ4n) is 3.30. The molecule has 0 aromatic carbocycles. The number of H-pyrrole nitrogens is 1. The van der Waals surface area contributed by atoms with E-state index in [4.69, 9.17) is 0 Å². The highest BCUT2D eigenvalue weighted by Gasteiger charge is 2.27. The van der Waals surface area contributed by atoms with E-state index in [0.29, 0.717) is 5.41 Å². The minimum Gasteiger partial charge on any atom is -0.364 e. The third kappa shape index (κ3) is 3.62. The molecule has 108 valence electrons. The summed E-state index contributed by atoms with van der Waals surface area (Å²) in [5.41, 5.74) is 5.21. The average Bonchev–Trinajstić information content (AvgIpc) is 2.75. The maximum atomic E-state index is 3.53. The number of fused-ring (bicyclic) bond motifs is 1. The van der Waals surface area contributed by atoms with Gasteiger partial charge in [-0.2, -0.15) is 0 Å². The third-order valence-electron chi connectivity index (χ3n) is 4.69. The molecule has 0 bridgehead atoms. The van der Waals surface area contributed by atoms with Crippen molar-refractivity contribution >= 4 is 0 Å². The van der Waals surface area contributed by atoms with Crippen LogP contribution in [0, 0.1) is 5.41 Å². The molecule has 0 unspecified atom stereocenters. The average molecular weight is 262 g/mol. The standard InChI is InChI=1S/C17H30N2/c1-5-19(6-2)11-7-8-14-13-18-16-12-17(3,4)10-9-15(14)16/h13,18H,5-12H2,1-4H3. The van der Waals surface area contributed by atoms with Crippen LogP contribution in [-0.4, -0.2) is 29.5 Å². The van der Waals surface area contributed by atoms with Crippen molar-refractivity contribution in [1.82, 2.24) is 9.88 Å². The van der Waals surface area contributed by atoms with Gasteiger partial charge < -0.3 is 9.88 Å². The topological polar surface area (TPSA) is 19.0 Å². The number of rotatable bonds is 6. The Kier molecular flexibility index (Phi) is 4.72. The fourth-order valence-corrected chi connectivity index (χ4v) is 3.30. The number of aryl methyl sites for hydroxylation is 1. The van der Waals surface area contributed by atoms with Crippen molar-refractivity contribution in [3.8, 4) is 0 Å². The molecule has 1 aliphatic rings. The Labute approximate surface area is 118 Å². The lowest BCUT2D eigenvalue weighted by molar-refractivity contribution is 0.299. The van der Waals surface area contributed by atoms with Gasteiger partial charge in [-0.3, -0.25) is 0 Å². The second kappa shape index (κ2) is 6.13. The first-order chi connectivity index (χ1) is 9.05. The van der Waals surface area contributed by atoms with Gasteiger partial charge in [0.1, 0.15) is 0 Å². The molecule has 2 nitrogen and oxygen atoms in total. The van der Waals surface area contributed by atoms with E-state index in [2.05, 4.69) is 43.8 Å². The van der Waals surface area contributed by atoms with Crippen LogP contribution < -0.4 is 0 Å². The predicted molar refractivity (Wildman–Crippen MR) is 82.7 cm³/mol. The van der Waals surface area contributed by atoms with Crippen LogP contribution in [0.5, 0.6) is 0 Å². The highest BCUT2D eigenvalue weighted by Crippen LogP contribution is 2.35. The molecule has 0 spiro atoms. The van der Waals surface area contributed by atoms with Crippen molar-refractivity contribution in [2.45, 2.75) is 59.8 Å². The molecule has 0 aliphatic heterocycles. The van der Waals surface area contributed by atoms with Crippen molar-refractivity contribution < 1.29 is 0 Å². The number of nitrogens with one attached hydrogen (secondary N) is 1. The van der Waals surface area contributed by atoms with E-state index >= 15 is 0 Å². The molecule has 1 N–H and O–H groups in total. The summed E-state index contributed by atoms with van der Waals surface area (Å²) in [5.74, 6) is 0. The zero-order valence-corrected chi connectivity index (χ0v) is 13.2. The fraction of sp³-hybridized carbons (Fsp3) is 0.765. The Morgan fingerprint density at radius 3 is 2.68 bits per heavy atom. The van der Waals surface area contributed by atoms with Crippen LogP contribution in [0.4, 0.5) is 0 Å². The molecule has 1 heterocycles. The third-order valence-corrected chi connectivity index (χ3v) is 4.69.